The number of allylic oxidation sites excluding steroid dienone is 1. The van der Waals surface area contributed by atoms with Gasteiger partial charge in [0.05, 0.1) is 0 Å². The van der Waals surface area contributed by atoms with Crippen molar-refractivity contribution >= 4 is 11.7 Å². The Labute approximate surface area is 113 Å². The third-order valence-corrected chi connectivity index (χ3v) is 3.38. The zero-order valence-corrected chi connectivity index (χ0v) is 11.7. The van der Waals surface area contributed by atoms with Gasteiger partial charge in [-0.1, -0.05) is 20.8 Å². The first kappa shape index (κ1) is 13.4. The quantitative estimate of drug-likeness (QED) is 0.817. The van der Waals surface area contributed by atoms with Crippen LogP contribution in [-0.2, 0) is 4.79 Å². The fourth-order valence-electron chi connectivity index (χ4n) is 2.41. The van der Waals surface area contributed by atoms with Gasteiger partial charge in [0.2, 0.25) is 5.91 Å². The minimum Gasteiger partial charge on any atom is -0.353 e. The van der Waals surface area contributed by atoms with Crippen LogP contribution in [0.15, 0.2) is 16.8 Å². The number of rotatable bonds is 3. The molecule has 0 aliphatic carbocycles. The molecule has 1 amide bonds. The van der Waals surface area contributed by atoms with Crippen molar-refractivity contribution in [2.75, 3.05) is 7.05 Å². The Morgan fingerprint density at radius 1 is 1.68 bits per heavy atom. The number of aliphatic imine (C=N–C) groups is 1. The van der Waals surface area contributed by atoms with Crippen molar-refractivity contribution in [3.8, 4) is 6.07 Å². The molecule has 1 N–H and O–H groups in total. The zero-order chi connectivity index (χ0) is 14.2. The van der Waals surface area contributed by atoms with Crippen LogP contribution in [0.4, 0.5) is 0 Å². The maximum absolute atomic E-state index is 11.9. The van der Waals surface area contributed by atoms with Crippen molar-refractivity contribution in [2.24, 2.45) is 10.9 Å². The van der Waals surface area contributed by atoms with Crippen LogP contribution in [0.2, 0.25) is 0 Å². The predicted molar refractivity (Wildman–Crippen MR) is 71.6 cm³/mol. The fourth-order valence-corrected chi connectivity index (χ4v) is 2.41. The second-order valence-electron chi connectivity index (χ2n) is 5.03. The molecule has 0 bridgehead atoms. The van der Waals surface area contributed by atoms with Crippen molar-refractivity contribution in [3.63, 3.8) is 0 Å². The molecular formula is C13H19N5O. The van der Waals surface area contributed by atoms with Crippen molar-refractivity contribution in [2.45, 2.75) is 39.4 Å². The fraction of sp³-hybridized carbons (Fsp3) is 0.615. The number of nitrogens with zero attached hydrogens (tertiary/aromatic N) is 4. The van der Waals surface area contributed by atoms with Crippen LogP contribution in [0.1, 0.15) is 27.2 Å². The van der Waals surface area contributed by atoms with E-state index in [1.807, 2.05) is 31.9 Å². The van der Waals surface area contributed by atoms with E-state index in [1.54, 1.807) is 12.1 Å². The summed E-state index contributed by atoms with van der Waals surface area (Å²) in [7, 11) is 1.75. The molecule has 0 aromatic heterocycles. The van der Waals surface area contributed by atoms with E-state index in [0.717, 1.165) is 5.84 Å². The lowest BCUT2D eigenvalue weighted by Crippen LogP contribution is -2.52. The largest absolute Gasteiger partial charge is 0.353 e. The molecule has 0 spiro atoms. The Kier molecular flexibility index (Phi) is 3.47. The van der Waals surface area contributed by atoms with Gasteiger partial charge in [-0.3, -0.25) is 14.8 Å². The van der Waals surface area contributed by atoms with Crippen molar-refractivity contribution in [1.29, 1.82) is 5.26 Å². The summed E-state index contributed by atoms with van der Waals surface area (Å²) < 4.78 is 0. The van der Waals surface area contributed by atoms with Gasteiger partial charge in [-0.15, -0.1) is 0 Å². The van der Waals surface area contributed by atoms with E-state index in [9.17, 15) is 4.79 Å². The second kappa shape index (κ2) is 4.92. The summed E-state index contributed by atoms with van der Waals surface area (Å²) in [5.74, 6) is 1.13. The Bertz CT molecular complexity index is 488. The number of carbonyl (C=O) groups excluding carboxylic acids is 1. The molecule has 2 heterocycles. The molecular weight excluding hydrogens is 242 g/mol. The average Bonchev–Trinajstić information content (AvgIpc) is 2.93. The number of amides is 1. The molecule has 0 fully saturated rings. The standard InChI is InChI=1S/C13H19N5O/c1-5-11(19)17(4)18-10-6-9(7-14)15-12(10)16-13(18)8(2)3/h6,8,10,12,15H,5H2,1-4H3. The van der Waals surface area contributed by atoms with Gasteiger partial charge < -0.3 is 5.32 Å². The van der Waals surface area contributed by atoms with Gasteiger partial charge in [0.15, 0.2) is 0 Å². The number of amidine groups is 1. The first-order valence-corrected chi connectivity index (χ1v) is 6.51. The molecule has 2 unspecified atom stereocenters. The van der Waals surface area contributed by atoms with Crippen molar-refractivity contribution in [1.82, 2.24) is 15.3 Å². The van der Waals surface area contributed by atoms with Gasteiger partial charge in [-0.2, -0.15) is 5.26 Å². The maximum Gasteiger partial charge on any atom is 0.240 e. The highest BCUT2D eigenvalue weighted by Crippen LogP contribution is 2.28. The summed E-state index contributed by atoms with van der Waals surface area (Å²) in [4.78, 5) is 16.5. The molecule has 6 heteroatoms. The number of nitriles is 1. The summed E-state index contributed by atoms with van der Waals surface area (Å²) in [6.45, 7) is 5.93. The van der Waals surface area contributed by atoms with E-state index in [-0.39, 0.29) is 24.0 Å². The van der Waals surface area contributed by atoms with Gasteiger partial charge in [0.1, 0.15) is 29.8 Å². The van der Waals surface area contributed by atoms with Crippen molar-refractivity contribution in [3.05, 3.63) is 11.8 Å². The molecule has 2 aliphatic rings. The summed E-state index contributed by atoms with van der Waals surface area (Å²) in [5.41, 5.74) is 0.518. The van der Waals surface area contributed by atoms with Crippen LogP contribution in [0, 0.1) is 17.2 Å². The summed E-state index contributed by atoms with van der Waals surface area (Å²) in [6.07, 6.45) is 2.11. The molecule has 2 aliphatic heterocycles. The molecule has 19 heavy (non-hydrogen) atoms. The predicted octanol–water partition coefficient (Wildman–Crippen LogP) is 0.845. The number of carbonyl (C=O) groups is 1. The van der Waals surface area contributed by atoms with Crippen LogP contribution in [0.5, 0.6) is 0 Å². The first-order chi connectivity index (χ1) is 8.99. The third kappa shape index (κ3) is 2.16. The number of hydrogen-bond donors (Lipinski definition) is 1. The van der Waals surface area contributed by atoms with Gasteiger partial charge in [-0.05, 0) is 6.08 Å². The lowest BCUT2D eigenvalue weighted by atomic mass is 10.2. The lowest BCUT2D eigenvalue weighted by Gasteiger charge is -2.35. The molecule has 6 nitrogen and oxygen atoms in total. The highest BCUT2D eigenvalue weighted by Gasteiger charge is 2.42. The second-order valence-corrected chi connectivity index (χ2v) is 5.03. The SMILES string of the molecule is CCC(=O)N(C)N1C(C(C)C)=NC2NC(C#N)=CC21. The van der Waals surface area contributed by atoms with Crippen LogP contribution in [-0.4, -0.2) is 41.0 Å². The highest BCUT2D eigenvalue weighted by molar-refractivity contribution is 5.89. The monoisotopic (exact) mass is 261 g/mol. The minimum atomic E-state index is -0.167. The van der Waals surface area contributed by atoms with Crippen molar-refractivity contribution < 1.29 is 4.79 Å². The number of fused-ring (bicyclic) bond motifs is 1. The summed E-state index contributed by atoms with van der Waals surface area (Å²) in [5, 5.41) is 15.5. The van der Waals surface area contributed by atoms with Crippen LogP contribution >= 0.6 is 0 Å². The van der Waals surface area contributed by atoms with E-state index in [4.69, 9.17) is 5.26 Å². The Morgan fingerprint density at radius 3 is 2.89 bits per heavy atom. The highest BCUT2D eigenvalue weighted by atomic mass is 16.2. The Balaban J connectivity index is 2.31. The van der Waals surface area contributed by atoms with Gasteiger partial charge in [0.25, 0.3) is 0 Å². The molecule has 2 rings (SSSR count). The average molecular weight is 261 g/mol. The first-order valence-electron chi connectivity index (χ1n) is 6.51. The summed E-state index contributed by atoms with van der Waals surface area (Å²) in [6, 6.07) is 2.00. The smallest absolute Gasteiger partial charge is 0.240 e. The van der Waals surface area contributed by atoms with E-state index in [1.165, 1.54) is 0 Å². The number of hydrogen-bond acceptors (Lipinski definition) is 5. The van der Waals surface area contributed by atoms with Crippen LogP contribution in [0.3, 0.4) is 0 Å². The van der Waals surface area contributed by atoms with Crippen LogP contribution in [0.25, 0.3) is 0 Å². The van der Waals surface area contributed by atoms with Gasteiger partial charge in [-0.25, -0.2) is 4.99 Å². The normalized spacial score (nSPS) is 24.5. The molecule has 102 valence electrons. The zero-order valence-electron chi connectivity index (χ0n) is 11.7. The van der Waals surface area contributed by atoms with Gasteiger partial charge >= 0.3 is 0 Å². The minimum absolute atomic E-state index is 0.0350. The van der Waals surface area contributed by atoms with E-state index < -0.39 is 0 Å². The molecule has 0 radical (unpaired) electrons. The topological polar surface area (TPSA) is 71.7 Å². The maximum atomic E-state index is 11.9. The Hall–Kier alpha value is -2.03. The Morgan fingerprint density at radius 2 is 2.37 bits per heavy atom. The lowest BCUT2D eigenvalue weighted by molar-refractivity contribution is -0.140. The van der Waals surface area contributed by atoms with E-state index in [0.29, 0.717) is 12.1 Å². The van der Waals surface area contributed by atoms with E-state index >= 15 is 0 Å². The van der Waals surface area contributed by atoms with Gasteiger partial charge in [0, 0.05) is 19.4 Å². The number of hydrazine groups is 1. The van der Waals surface area contributed by atoms with Crippen LogP contribution < -0.4 is 5.32 Å². The number of nitrogens with one attached hydrogen (secondary N) is 1. The van der Waals surface area contributed by atoms with E-state index in [2.05, 4.69) is 16.4 Å². The molecule has 0 saturated heterocycles. The molecule has 0 saturated carbocycles. The third-order valence-electron chi connectivity index (χ3n) is 3.38. The molecule has 0 aromatic carbocycles. The molecule has 2 atom stereocenters. The summed E-state index contributed by atoms with van der Waals surface area (Å²) >= 11 is 0. The molecule has 0 aromatic rings.